The second-order valence-electron chi connectivity index (χ2n) is 5.93. The predicted molar refractivity (Wildman–Crippen MR) is 69.8 cm³/mol. The van der Waals surface area contributed by atoms with Gasteiger partial charge in [0.25, 0.3) is 0 Å². The van der Waals surface area contributed by atoms with Crippen LogP contribution < -0.4 is 5.32 Å². The molecule has 102 valence electrons. The van der Waals surface area contributed by atoms with Gasteiger partial charge in [0.2, 0.25) is 0 Å². The summed E-state index contributed by atoms with van der Waals surface area (Å²) in [6.45, 7) is 6.40. The van der Waals surface area contributed by atoms with Crippen molar-refractivity contribution >= 4 is 9.84 Å². The molecule has 1 aliphatic rings. The van der Waals surface area contributed by atoms with E-state index < -0.39 is 15.4 Å². The molecule has 2 atom stereocenters. The van der Waals surface area contributed by atoms with E-state index in [-0.39, 0.29) is 11.8 Å². The van der Waals surface area contributed by atoms with E-state index >= 15 is 0 Å². The molecule has 0 amide bonds. The maximum Gasteiger partial charge on any atom is 0.151 e. The highest BCUT2D eigenvalue weighted by Gasteiger charge is 2.27. The van der Waals surface area contributed by atoms with E-state index in [1.54, 1.807) is 6.92 Å². The van der Waals surface area contributed by atoms with Crippen molar-refractivity contribution in [2.45, 2.75) is 51.7 Å². The number of rotatable bonds is 5. The van der Waals surface area contributed by atoms with Gasteiger partial charge in [-0.3, -0.25) is 0 Å². The zero-order valence-electron chi connectivity index (χ0n) is 11.1. The first-order valence-corrected chi connectivity index (χ1v) is 8.18. The molecule has 0 aliphatic carbocycles. The van der Waals surface area contributed by atoms with Crippen LogP contribution in [0.2, 0.25) is 0 Å². The van der Waals surface area contributed by atoms with Crippen LogP contribution in [-0.4, -0.2) is 43.2 Å². The third-order valence-electron chi connectivity index (χ3n) is 3.08. The van der Waals surface area contributed by atoms with Crippen molar-refractivity contribution in [2.24, 2.45) is 5.92 Å². The smallest absolute Gasteiger partial charge is 0.151 e. The summed E-state index contributed by atoms with van der Waals surface area (Å²) >= 11 is 0. The Hall–Kier alpha value is -0.130. The summed E-state index contributed by atoms with van der Waals surface area (Å²) in [6, 6.07) is 0.00684. The Bertz CT molecular complexity index is 336. The zero-order valence-corrected chi connectivity index (χ0v) is 11.9. The van der Waals surface area contributed by atoms with E-state index in [1.165, 1.54) is 0 Å². The summed E-state index contributed by atoms with van der Waals surface area (Å²) in [7, 11) is -2.87. The van der Waals surface area contributed by atoms with Crippen LogP contribution in [0.4, 0.5) is 0 Å². The summed E-state index contributed by atoms with van der Waals surface area (Å²) in [5.41, 5.74) is -0.755. The van der Waals surface area contributed by atoms with Gasteiger partial charge in [-0.15, -0.1) is 0 Å². The van der Waals surface area contributed by atoms with Crippen molar-refractivity contribution in [1.82, 2.24) is 5.32 Å². The third-order valence-corrected chi connectivity index (χ3v) is 4.90. The van der Waals surface area contributed by atoms with E-state index in [4.69, 9.17) is 0 Å². The molecule has 1 rings (SSSR count). The first-order valence-electron chi connectivity index (χ1n) is 6.36. The second kappa shape index (κ2) is 5.67. The van der Waals surface area contributed by atoms with Gasteiger partial charge in [0.05, 0.1) is 17.1 Å². The maximum atomic E-state index is 11.5. The van der Waals surface area contributed by atoms with Crippen molar-refractivity contribution in [3.8, 4) is 0 Å². The number of sulfone groups is 1. The van der Waals surface area contributed by atoms with Crippen LogP contribution in [0.3, 0.4) is 0 Å². The number of hydrogen-bond donors (Lipinski definition) is 2. The van der Waals surface area contributed by atoms with Gasteiger partial charge < -0.3 is 10.4 Å². The molecule has 5 heteroatoms. The average Bonchev–Trinajstić information content (AvgIpc) is 2.11. The van der Waals surface area contributed by atoms with Crippen LogP contribution in [0.5, 0.6) is 0 Å². The van der Waals surface area contributed by atoms with Crippen molar-refractivity contribution in [3.05, 3.63) is 0 Å². The van der Waals surface area contributed by atoms with Gasteiger partial charge in [-0.25, -0.2) is 8.42 Å². The quantitative estimate of drug-likeness (QED) is 0.775. The molecular formula is C12H25NO3S. The summed E-state index contributed by atoms with van der Waals surface area (Å²) in [6.07, 6.45) is 2.34. The lowest BCUT2D eigenvalue weighted by Crippen LogP contribution is -2.47. The topological polar surface area (TPSA) is 66.4 Å². The Kier molecular flexibility index (Phi) is 4.98. The van der Waals surface area contributed by atoms with Gasteiger partial charge in [0, 0.05) is 12.6 Å². The number of aliphatic hydroxyl groups is 1. The highest BCUT2D eigenvalue weighted by molar-refractivity contribution is 7.91. The average molecular weight is 263 g/mol. The molecule has 0 aromatic rings. The molecule has 1 saturated heterocycles. The van der Waals surface area contributed by atoms with Crippen LogP contribution >= 0.6 is 0 Å². The normalized spacial score (nSPS) is 27.9. The van der Waals surface area contributed by atoms with Crippen molar-refractivity contribution in [1.29, 1.82) is 0 Å². The third kappa shape index (κ3) is 5.84. The second-order valence-corrected chi connectivity index (χ2v) is 8.16. The molecule has 0 spiro atoms. The van der Waals surface area contributed by atoms with Crippen LogP contribution in [0, 0.1) is 5.92 Å². The molecule has 0 aromatic carbocycles. The molecule has 1 fully saturated rings. The molecule has 0 aromatic heterocycles. The number of nitrogens with one attached hydrogen (secondary N) is 1. The minimum atomic E-state index is -2.87. The van der Waals surface area contributed by atoms with Gasteiger partial charge in [-0.2, -0.15) is 0 Å². The van der Waals surface area contributed by atoms with Crippen molar-refractivity contribution in [2.75, 3.05) is 18.1 Å². The Balaban J connectivity index is 2.40. The molecule has 2 unspecified atom stereocenters. The summed E-state index contributed by atoms with van der Waals surface area (Å²) in [5, 5.41) is 13.3. The largest absolute Gasteiger partial charge is 0.389 e. The fourth-order valence-corrected chi connectivity index (χ4v) is 4.17. The standard InChI is InChI=1S/C12H25NO3S/c1-10(2)7-12(3,14)9-13-11-5-4-6-17(15,16)8-11/h10-11,13-14H,4-9H2,1-3H3. The van der Waals surface area contributed by atoms with E-state index in [9.17, 15) is 13.5 Å². The first kappa shape index (κ1) is 14.9. The van der Waals surface area contributed by atoms with Crippen molar-refractivity contribution < 1.29 is 13.5 Å². The fraction of sp³-hybridized carbons (Fsp3) is 1.00. The molecule has 4 nitrogen and oxygen atoms in total. The van der Waals surface area contributed by atoms with Crippen LogP contribution in [0.15, 0.2) is 0 Å². The number of hydrogen-bond acceptors (Lipinski definition) is 4. The first-order chi connectivity index (χ1) is 7.70. The Morgan fingerprint density at radius 2 is 2.12 bits per heavy atom. The van der Waals surface area contributed by atoms with Crippen molar-refractivity contribution in [3.63, 3.8) is 0 Å². The molecule has 1 aliphatic heterocycles. The molecule has 0 saturated carbocycles. The lowest BCUT2D eigenvalue weighted by molar-refractivity contribution is 0.0361. The Labute approximate surface area is 105 Å². The Morgan fingerprint density at radius 3 is 2.65 bits per heavy atom. The Morgan fingerprint density at radius 1 is 1.47 bits per heavy atom. The molecule has 2 N–H and O–H groups in total. The monoisotopic (exact) mass is 263 g/mol. The van der Waals surface area contributed by atoms with Crippen LogP contribution in [-0.2, 0) is 9.84 Å². The minimum Gasteiger partial charge on any atom is -0.389 e. The highest BCUT2D eigenvalue weighted by atomic mass is 32.2. The van der Waals surface area contributed by atoms with Gasteiger partial charge in [0.15, 0.2) is 9.84 Å². The molecule has 17 heavy (non-hydrogen) atoms. The van der Waals surface area contributed by atoms with Gasteiger partial charge in [0.1, 0.15) is 0 Å². The van der Waals surface area contributed by atoms with E-state index in [2.05, 4.69) is 19.2 Å². The lowest BCUT2D eigenvalue weighted by atomic mass is 9.94. The predicted octanol–water partition coefficient (Wildman–Crippen LogP) is 0.950. The van der Waals surface area contributed by atoms with Crippen LogP contribution in [0.25, 0.3) is 0 Å². The van der Waals surface area contributed by atoms with E-state index in [0.717, 1.165) is 19.3 Å². The summed E-state index contributed by atoms with van der Waals surface area (Å²) < 4.78 is 22.9. The zero-order chi connectivity index (χ0) is 13.1. The lowest BCUT2D eigenvalue weighted by Gasteiger charge is -2.30. The SMILES string of the molecule is CC(C)CC(C)(O)CNC1CCCS(=O)(=O)C1. The van der Waals surface area contributed by atoms with Gasteiger partial charge >= 0.3 is 0 Å². The van der Waals surface area contributed by atoms with Crippen LogP contribution in [0.1, 0.15) is 40.0 Å². The van der Waals surface area contributed by atoms with Gasteiger partial charge in [-0.05, 0) is 32.1 Å². The van der Waals surface area contributed by atoms with E-state index in [1.807, 2.05) is 0 Å². The fourth-order valence-electron chi connectivity index (χ4n) is 2.50. The van der Waals surface area contributed by atoms with Gasteiger partial charge in [-0.1, -0.05) is 13.8 Å². The molecule has 1 heterocycles. The summed E-state index contributed by atoms with van der Waals surface area (Å²) in [5.74, 6) is 0.958. The van der Waals surface area contributed by atoms with E-state index in [0.29, 0.717) is 18.2 Å². The minimum absolute atomic E-state index is 0.00684. The molecular weight excluding hydrogens is 238 g/mol. The molecule has 0 radical (unpaired) electrons. The molecule has 0 bridgehead atoms. The highest BCUT2D eigenvalue weighted by Crippen LogP contribution is 2.17. The summed E-state index contributed by atoms with van der Waals surface area (Å²) in [4.78, 5) is 0. The maximum absolute atomic E-state index is 11.5.